The predicted octanol–water partition coefficient (Wildman–Crippen LogP) is 4.23. The van der Waals surface area contributed by atoms with Gasteiger partial charge in [0.15, 0.2) is 11.6 Å². The summed E-state index contributed by atoms with van der Waals surface area (Å²) >= 11 is 6.15. The molecule has 0 aliphatic rings. The highest BCUT2D eigenvalue weighted by atomic mass is 35.5. The topological polar surface area (TPSA) is 57.0 Å². The molecule has 0 saturated heterocycles. The molecule has 0 bridgehead atoms. The number of halogens is 1. The van der Waals surface area contributed by atoms with Gasteiger partial charge in [0.1, 0.15) is 5.75 Å². The Morgan fingerprint density at radius 2 is 1.84 bits per heavy atom. The highest BCUT2D eigenvalue weighted by Crippen LogP contribution is 2.28. The van der Waals surface area contributed by atoms with Crippen molar-refractivity contribution in [3.63, 3.8) is 0 Å². The number of hydrogen-bond acceptors (Lipinski definition) is 4. The maximum atomic E-state index is 11.3. The van der Waals surface area contributed by atoms with E-state index in [9.17, 15) is 4.79 Å². The van der Waals surface area contributed by atoms with Gasteiger partial charge in [0, 0.05) is 19.0 Å². The molecule has 0 fully saturated rings. The predicted molar refractivity (Wildman–Crippen MR) is 98.1 cm³/mol. The van der Waals surface area contributed by atoms with E-state index in [0.29, 0.717) is 28.0 Å². The zero-order valence-corrected chi connectivity index (χ0v) is 14.6. The normalized spacial score (nSPS) is 11.0. The Labute approximate surface area is 150 Å². The van der Waals surface area contributed by atoms with Crippen molar-refractivity contribution in [3.8, 4) is 17.1 Å². The van der Waals surface area contributed by atoms with Crippen LogP contribution in [0.15, 0.2) is 48.5 Å². The van der Waals surface area contributed by atoms with E-state index in [1.54, 1.807) is 29.9 Å². The lowest BCUT2D eigenvalue weighted by Gasteiger charge is -2.07. The van der Waals surface area contributed by atoms with Crippen molar-refractivity contribution in [3.05, 3.63) is 64.9 Å². The summed E-state index contributed by atoms with van der Waals surface area (Å²) in [4.78, 5) is 15.8. The van der Waals surface area contributed by atoms with Gasteiger partial charge in [-0.3, -0.25) is 4.79 Å². The molecule has 0 N–H and O–H groups in total. The van der Waals surface area contributed by atoms with Crippen LogP contribution in [0.1, 0.15) is 18.3 Å². The molecule has 25 heavy (non-hydrogen) atoms. The van der Waals surface area contributed by atoms with Crippen molar-refractivity contribution in [1.82, 2.24) is 14.8 Å². The zero-order valence-electron chi connectivity index (χ0n) is 13.8. The van der Waals surface area contributed by atoms with Gasteiger partial charge in [0.2, 0.25) is 0 Å². The van der Waals surface area contributed by atoms with Gasteiger partial charge in [0.05, 0.1) is 5.56 Å². The third kappa shape index (κ3) is 3.95. The fourth-order valence-corrected chi connectivity index (χ4v) is 2.58. The molecule has 1 heterocycles. The van der Waals surface area contributed by atoms with Gasteiger partial charge in [-0.15, -0.1) is 0 Å². The molecule has 3 aromatic rings. The summed E-state index contributed by atoms with van der Waals surface area (Å²) in [6, 6.07) is 14.8. The second-order valence-electron chi connectivity index (χ2n) is 5.36. The smallest absolute Gasteiger partial charge is 0.308 e. The molecule has 0 radical (unpaired) electrons. The first-order valence-corrected chi connectivity index (χ1v) is 8.04. The number of nitrogens with zero attached hydrogens (tertiary/aromatic N) is 3. The van der Waals surface area contributed by atoms with Crippen LogP contribution in [0.3, 0.4) is 0 Å². The van der Waals surface area contributed by atoms with Crippen LogP contribution in [0.25, 0.3) is 23.5 Å². The van der Waals surface area contributed by atoms with E-state index in [0.717, 1.165) is 5.56 Å². The number of aromatic nitrogens is 3. The minimum Gasteiger partial charge on any atom is -0.426 e. The number of carbonyl (C=O) groups excluding carboxylic acids is 1. The molecule has 0 unspecified atom stereocenters. The van der Waals surface area contributed by atoms with E-state index in [-0.39, 0.29) is 5.97 Å². The van der Waals surface area contributed by atoms with Crippen molar-refractivity contribution in [2.24, 2.45) is 7.05 Å². The number of rotatable bonds is 4. The molecule has 1 aromatic heterocycles. The first-order chi connectivity index (χ1) is 12.0. The molecular weight excluding hydrogens is 338 g/mol. The van der Waals surface area contributed by atoms with Crippen molar-refractivity contribution in [2.75, 3.05) is 0 Å². The fraction of sp³-hybridized carbons (Fsp3) is 0.105. The summed E-state index contributed by atoms with van der Waals surface area (Å²) in [5.74, 6) is 1.21. The van der Waals surface area contributed by atoms with E-state index in [1.807, 2.05) is 42.5 Å². The largest absolute Gasteiger partial charge is 0.426 e. The summed E-state index contributed by atoms with van der Waals surface area (Å²) in [6.07, 6.45) is 3.65. The standard InChI is InChI=1S/C19H16ClN3O2/c1-13(24)25-17-10-6-4-8-15(17)19-21-18(22-23(19)2)12-11-14-7-3-5-9-16(14)20/h3-12H,1-2H3/b12-11+. The molecule has 0 aliphatic carbocycles. The van der Waals surface area contributed by atoms with Gasteiger partial charge >= 0.3 is 5.97 Å². The van der Waals surface area contributed by atoms with Crippen LogP contribution in [-0.2, 0) is 11.8 Å². The van der Waals surface area contributed by atoms with Gasteiger partial charge < -0.3 is 4.74 Å². The SMILES string of the molecule is CC(=O)Oc1ccccc1-c1nc(/C=C/c2ccccc2Cl)nn1C. The number of hydrogen-bond donors (Lipinski definition) is 0. The lowest BCUT2D eigenvalue weighted by atomic mass is 10.2. The first-order valence-electron chi connectivity index (χ1n) is 7.66. The second-order valence-corrected chi connectivity index (χ2v) is 5.77. The molecule has 2 aromatic carbocycles. The van der Waals surface area contributed by atoms with Crippen LogP contribution >= 0.6 is 11.6 Å². The van der Waals surface area contributed by atoms with E-state index in [2.05, 4.69) is 10.1 Å². The third-order valence-electron chi connectivity index (χ3n) is 3.48. The Hall–Kier alpha value is -2.92. The third-order valence-corrected chi connectivity index (χ3v) is 3.82. The molecule has 126 valence electrons. The fourth-order valence-electron chi connectivity index (χ4n) is 2.38. The highest BCUT2D eigenvalue weighted by Gasteiger charge is 2.14. The molecule has 0 amide bonds. The Kier molecular flexibility index (Phi) is 4.95. The quantitative estimate of drug-likeness (QED) is 0.520. The van der Waals surface area contributed by atoms with E-state index < -0.39 is 0 Å². The molecule has 0 spiro atoms. The molecular formula is C19H16ClN3O2. The van der Waals surface area contributed by atoms with Gasteiger partial charge in [0.25, 0.3) is 0 Å². The Balaban J connectivity index is 1.94. The van der Waals surface area contributed by atoms with Gasteiger partial charge in [-0.1, -0.05) is 41.9 Å². The van der Waals surface area contributed by atoms with Crippen LogP contribution in [0.5, 0.6) is 5.75 Å². The van der Waals surface area contributed by atoms with Crippen LogP contribution in [0.4, 0.5) is 0 Å². The minimum absolute atomic E-state index is 0.381. The van der Waals surface area contributed by atoms with E-state index in [1.165, 1.54) is 6.92 Å². The maximum absolute atomic E-state index is 11.3. The van der Waals surface area contributed by atoms with Crippen LogP contribution in [0, 0.1) is 0 Å². The Morgan fingerprint density at radius 3 is 2.60 bits per heavy atom. The number of esters is 1. The lowest BCUT2D eigenvalue weighted by Crippen LogP contribution is -2.04. The van der Waals surface area contributed by atoms with Crippen LogP contribution < -0.4 is 4.74 Å². The van der Waals surface area contributed by atoms with Crippen molar-refractivity contribution >= 4 is 29.7 Å². The Morgan fingerprint density at radius 1 is 1.12 bits per heavy atom. The Bertz CT molecular complexity index is 947. The summed E-state index contributed by atoms with van der Waals surface area (Å²) in [5.41, 5.74) is 1.59. The van der Waals surface area contributed by atoms with Crippen molar-refractivity contribution in [1.29, 1.82) is 0 Å². The summed E-state index contributed by atoms with van der Waals surface area (Å²) in [6.45, 7) is 1.37. The van der Waals surface area contributed by atoms with E-state index in [4.69, 9.17) is 16.3 Å². The highest BCUT2D eigenvalue weighted by molar-refractivity contribution is 6.32. The second kappa shape index (κ2) is 7.32. The number of ether oxygens (including phenoxy) is 1. The van der Waals surface area contributed by atoms with Gasteiger partial charge in [-0.2, -0.15) is 5.10 Å². The molecule has 0 saturated carbocycles. The van der Waals surface area contributed by atoms with Gasteiger partial charge in [-0.05, 0) is 35.9 Å². The van der Waals surface area contributed by atoms with Crippen molar-refractivity contribution < 1.29 is 9.53 Å². The van der Waals surface area contributed by atoms with E-state index >= 15 is 0 Å². The number of carbonyl (C=O) groups is 1. The van der Waals surface area contributed by atoms with Crippen LogP contribution in [-0.4, -0.2) is 20.7 Å². The first kappa shape index (κ1) is 16.9. The molecule has 0 atom stereocenters. The monoisotopic (exact) mass is 353 g/mol. The molecule has 3 rings (SSSR count). The number of benzene rings is 2. The zero-order chi connectivity index (χ0) is 17.8. The molecule has 5 nitrogen and oxygen atoms in total. The summed E-state index contributed by atoms with van der Waals surface area (Å²) in [5, 5.41) is 5.05. The average molecular weight is 354 g/mol. The van der Waals surface area contributed by atoms with Crippen LogP contribution in [0.2, 0.25) is 5.02 Å². The summed E-state index contributed by atoms with van der Waals surface area (Å²) in [7, 11) is 1.79. The maximum Gasteiger partial charge on any atom is 0.308 e. The number of aryl methyl sites for hydroxylation is 1. The minimum atomic E-state index is -0.381. The molecule has 6 heteroatoms. The van der Waals surface area contributed by atoms with Crippen molar-refractivity contribution in [2.45, 2.75) is 6.92 Å². The summed E-state index contributed by atoms with van der Waals surface area (Å²) < 4.78 is 6.90. The van der Waals surface area contributed by atoms with Gasteiger partial charge in [-0.25, -0.2) is 9.67 Å². The average Bonchev–Trinajstić information content (AvgIpc) is 2.95. The molecule has 0 aliphatic heterocycles. The lowest BCUT2D eigenvalue weighted by molar-refractivity contribution is -0.131. The number of para-hydroxylation sites is 1.